The molecule has 2 heterocycles. The fourth-order valence-electron chi connectivity index (χ4n) is 7.38. The minimum atomic E-state index is -0.505. The van der Waals surface area contributed by atoms with Gasteiger partial charge in [0.25, 0.3) is 0 Å². The zero-order valence-electron chi connectivity index (χ0n) is 19.9. The average molecular weight is 457 g/mol. The van der Waals surface area contributed by atoms with E-state index in [0.717, 1.165) is 29.5 Å². The number of likely N-dealkylation sites (tertiary alicyclic amines) is 1. The number of nitrogens with zero attached hydrogens (tertiary/aromatic N) is 2. The van der Waals surface area contributed by atoms with Gasteiger partial charge in [-0.25, -0.2) is 0 Å². The molecule has 3 aliphatic carbocycles. The Balaban J connectivity index is 1.37. The third kappa shape index (κ3) is 2.62. The van der Waals surface area contributed by atoms with Gasteiger partial charge in [-0.15, -0.1) is 0 Å². The molecule has 5 aliphatic rings. The molecule has 7 rings (SSSR count). The Hall–Kier alpha value is -3.28. The summed E-state index contributed by atoms with van der Waals surface area (Å²) in [6.45, 7) is 6.15. The van der Waals surface area contributed by atoms with Gasteiger partial charge in [0.2, 0.25) is 23.6 Å². The fourth-order valence-corrected chi connectivity index (χ4v) is 7.38. The van der Waals surface area contributed by atoms with Crippen LogP contribution in [0.2, 0.25) is 0 Å². The topological polar surface area (TPSA) is 74.8 Å². The maximum absolute atomic E-state index is 13.7. The Morgan fingerprint density at radius 2 is 1.12 bits per heavy atom. The zero-order chi connectivity index (χ0) is 24.0. The van der Waals surface area contributed by atoms with Gasteiger partial charge in [-0.05, 0) is 79.8 Å². The number of carbonyl (C=O) groups excluding carboxylic acids is 4. The molecule has 4 amide bonds. The summed E-state index contributed by atoms with van der Waals surface area (Å²) < 4.78 is 0. The minimum absolute atomic E-state index is 0.185. The van der Waals surface area contributed by atoms with E-state index in [-0.39, 0.29) is 35.5 Å². The van der Waals surface area contributed by atoms with Crippen molar-refractivity contribution in [1.82, 2.24) is 4.90 Å². The molecule has 6 atom stereocenters. The van der Waals surface area contributed by atoms with Crippen LogP contribution in [-0.2, 0) is 19.2 Å². The van der Waals surface area contributed by atoms with Crippen LogP contribution in [0.4, 0.5) is 5.69 Å². The van der Waals surface area contributed by atoms with Crippen LogP contribution >= 0.6 is 0 Å². The van der Waals surface area contributed by atoms with Gasteiger partial charge in [0.05, 0.1) is 29.4 Å². The van der Waals surface area contributed by atoms with Gasteiger partial charge in [-0.1, -0.05) is 29.8 Å². The molecule has 6 nitrogen and oxygen atoms in total. The SMILES string of the molecule is Cc1ccc(-c2ccc(N3C(=O)C4C5CCC(C6C(=O)N(C)C(=O)C56)C4C3=O)cc2C)c(C)c1. The molecule has 3 saturated carbocycles. The molecule has 0 radical (unpaired) electrons. The van der Waals surface area contributed by atoms with Crippen molar-refractivity contribution < 1.29 is 19.2 Å². The van der Waals surface area contributed by atoms with Gasteiger partial charge in [0, 0.05) is 7.05 Å². The van der Waals surface area contributed by atoms with Crippen LogP contribution in [-0.4, -0.2) is 35.6 Å². The summed E-state index contributed by atoms with van der Waals surface area (Å²) in [6, 6.07) is 12.1. The number of hydrogen-bond acceptors (Lipinski definition) is 4. The van der Waals surface area contributed by atoms with E-state index in [4.69, 9.17) is 0 Å². The number of hydrogen-bond donors (Lipinski definition) is 0. The molecule has 0 N–H and O–H groups in total. The number of aryl methyl sites for hydroxylation is 3. The number of anilines is 1. The van der Waals surface area contributed by atoms with Gasteiger partial charge in [0.15, 0.2) is 0 Å². The van der Waals surface area contributed by atoms with E-state index < -0.39 is 23.7 Å². The Morgan fingerprint density at radius 1 is 0.647 bits per heavy atom. The standard InChI is InChI=1S/C28H28N2O4/c1-13-5-7-17(14(2)11-13)18-8-6-16(12-15(18)3)30-27(33)23-19-9-10-20(24(23)28(30)34)22-21(19)25(31)29(4)26(22)32/h5-8,11-12,19-24H,9-10H2,1-4H3. The molecular weight excluding hydrogens is 428 g/mol. The Morgan fingerprint density at radius 3 is 1.62 bits per heavy atom. The van der Waals surface area contributed by atoms with Gasteiger partial charge in [0.1, 0.15) is 0 Å². The number of carbonyl (C=O) groups is 4. The number of rotatable bonds is 2. The van der Waals surface area contributed by atoms with E-state index in [1.165, 1.54) is 28.0 Å². The average Bonchev–Trinajstić information content (AvgIpc) is 3.22. The largest absolute Gasteiger partial charge is 0.285 e. The maximum Gasteiger partial charge on any atom is 0.237 e. The monoisotopic (exact) mass is 456 g/mol. The molecule has 2 aromatic carbocycles. The molecule has 0 spiro atoms. The highest BCUT2D eigenvalue weighted by atomic mass is 16.2. The van der Waals surface area contributed by atoms with Crippen LogP contribution in [0, 0.1) is 56.3 Å². The second kappa shape index (κ2) is 7.11. The van der Waals surface area contributed by atoms with Crippen molar-refractivity contribution in [3.63, 3.8) is 0 Å². The summed E-state index contributed by atoms with van der Waals surface area (Å²) in [7, 11) is 1.52. The molecule has 34 heavy (non-hydrogen) atoms. The summed E-state index contributed by atoms with van der Waals surface area (Å²) in [4.78, 5) is 55.5. The van der Waals surface area contributed by atoms with Gasteiger partial charge in [-0.2, -0.15) is 0 Å². The first-order valence-corrected chi connectivity index (χ1v) is 12.1. The first kappa shape index (κ1) is 21.3. The highest BCUT2D eigenvalue weighted by Gasteiger charge is 2.69. The van der Waals surface area contributed by atoms with Crippen LogP contribution < -0.4 is 4.90 Å². The summed E-state index contributed by atoms with van der Waals surface area (Å²) in [6.07, 6.45) is 1.44. The number of fused-ring (bicyclic) bond motifs is 1. The zero-order valence-corrected chi connectivity index (χ0v) is 19.9. The molecule has 2 saturated heterocycles. The summed E-state index contributed by atoms with van der Waals surface area (Å²) >= 11 is 0. The highest BCUT2D eigenvalue weighted by molar-refractivity contribution is 6.23. The highest BCUT2D eigenvalue weighted by Crippen LogP contribution is 2.60. The molecule has 2 aliphatic heterocycles. The van der Waals surface area contributed by atoms with E-state index >= 15 is 0 Å². The summed E-state index contributed by atoms with van der Waals surface area (Å²) in [5.41, 5.74) is 6.16. The predicted molar refractivity (Wildman–Crippen MR) is 127 cm³/mol. The van der Waals surface area contributed by atoms with Crippen molar-refractivity contribution in [3.8, 4) is 11.1 Å². The van der Waals surface area contributed by atoms with Crippen LogP contribution in [0.1, 0.15) is 29.5 Å². The first-order chi connectivity index (χ1) is 16.2. The lowest BCUT2D eigenvalue weighted by Gasteiger charge is -2.48. The van der Waals surface area contributed by atoms with E-state index in [2.05, 4.69) is 32.0 Å². The van der Waals surface area contributed by atoms with Crippen LogP contribution in [0.25, 0.3) is 11.1 Å². The Labute approximate surface area is 198 Å². The van der Waals surface area contributed by atoms with Gasteiger partial charge >= 0.3 is 0 Å². The van der Waals surface area contributed by atoms with Crippen molar-refractivity contribution in [1.29, 1.82) is 0 Å². The summed E-state index contributed by atoms with van der Waals surface area (Å²) in [5, 5.41) is 0. The van der Waals surface area contributed by atoms with E-state index in [9.17, 15) is 19.2 Å². The molecule has 6 heteroatoms. The van der Waals surface area contributed by atoms with Crippen molar-refractivity contribution in [2.45, 2.75) is 33.6 Å². The van der Waals surface area contributed by atoms with Crippen LogP contribution in [0.15, 0.2) is 36.4 Å². The van der Waals surface area contributed by atoms with Crippen molar-refractivity contribution in [2.75, 3.05) is 11.9 Å². The quantitative estimate of drug-likeness (QED) is 0.647. The number of benzene rings is 2. The Kier molecular flexibility index (Phi) is 4.45. The minimum Gasteiger partial charge on any atom is -0.285 e. The number of amides is 4. The molecular formula is C28H28N2O4. The van der Waals surface area contributed by atoms with Gasteiger partial charge in [-0.3, -0.25) is 29.0 Å². The van der Waals surface area contributed by atoms with E-state index in [1.807, 2.05) is 25.1 Å². The Bertz CT molecular complexity index is 1250. The molecule has 2 bridgehead atoms. The fraction of sp³-hybridized carbons (Fsp3) is 0.429. The van der Waals surface area contributed by atoms with Crippen LogP contribution in [0.3, 0.4) is 0 Å². The maximum atomic E-state index is 13.7. The lowest BCUT2D eigenvalue weighted by atomic mass is 9.51. The van der Waals surface area contributed by atoms with Crippen molar-refractivity contribution >= 4 is 29.3 Å². The lowest BCUT2D eigenvalue weighted by molar-refractivity contribution is -0.148. The molecule has 2 aromatic rings. The third-order valence-corrected chi connectivity index (χ3v) is 8.84. The van der Waals surface area contributed by atoms with Gasteiger partial charge < -0.3 is 0 Å². The summed E-state index contributed by atoms with van der Waals surface area (Å²) in [5.74, 6) is -3.19. The normalized spacial score (nSPS) is 32.0. The smallest absolute Gasteiger partial charge is 0.237 e. The lowest BCUT2D eigenvalue weighted by Crippen LogP contribution is -2.53. The molecule has 5 fully saturated rings. The van der Waals surface area contributed by atoms with Crippen molar-refractivity contribution in [2.24, 2.45) is 35.5 Å². The van der Waals surface area contributed by atoms with Crippen LogP contribution in [0.5, 0.6) is 0 Å². The molecule has 6 unspecified atom stereocenters. The third-order valence-electron chi connectivity index (χ3n) is 8.84. The van der Waals surface area contributed by atoms with Crippen molar-refractivity contribution in [3.05, 3.63) is 53.1 Å². The van der Waals surface area contributed by atoms with E-state index in [0.29, 0.717) is 5.69 Å². The molecule has 0 aromatic heterocycles. The first-order valence-electron chi connectivity index (χ1n) is 12.1. The second-order valence-corrected chi connectivity index (χ2v) is 10.6. The predicted octanol–water partition coefficient (Wildman–Crippen LogP) is 3.66. The molecule has 174 valence electrons. The van der Waals surface area contributed by atoms with E-state index in [1.54, 1.807) is 0 Å². The second-order valence-electron chi connectivity index (χ2n) is 10.6. The number of imide groups is 2.